The van der Waals surface area contributed by atoms with E-state index in [1.807, 2.05) is 24.3 Å². The lowest BCUT2D eigenvalue weighted by molar-refractivity contribution is 0.0227. The largest absolute Gasteiger partial charge is 0.487 e. The molecule has 7 nitrogen and oxygen atoms in total. The van der Waals surface area contributed by atoms with E-state index in [0.717, 1.165) is 32.8 Å². The number of hydrogen-bond donors (Lipinski definition) is 1. The summed E-state index contributed by atoms with van der Waals surface area (Å²) in [5, 5.41) is 3.17. The molecular formula is C29H34FN3O4S. The van der Waals surface area contributed by atoms with Gasteiger partial charge in [0.05, 0.1) is 18.3 Å². The van der Waals surface area contributed by atoms with Crippen LogP contribution in [0.2, 0.25) is 0 Å². The number of carbonyl (C=O) groups is 1. The van der Waals surface area contributed by atoms with Gasteiger partial charge in [-0.3, -0.25) is 9.10 Å². The monoisotopic (exact) mass is 539 g/mol. The predicted octanol–water partition coefficient (Wildman–Crippen LogP) is 5.45. The maximum atomic E-state index is 14.6. The zero-order valence-electron chi connectivity index (χ0n) is 22.1. The van der Waals surface area contributed by atoms with Crippen molar-refractivity contribution >= 4 is 21.8 Å². The van der Waals surface area contributed by atoms with Crippen molar-refractivity contribution in [3.8, 4) is 5.75 Å². The number of rotatable bonds is 9. The summed E-state index contributed by atoms with van der Waals surface area (Å²) in [5.41, 5.74) is 1.62. The van der Waals surface area contributed by atoms with Crippen LogP contribution in [0.25, 0.3) is 0 Å². The van der Waals surface area contributed by atoms with Crippen LogP contribution < -0.4 is 14.4 Å². The van der Waals surface area contributed by atoms with Crippen LogP contribution in [0.1, 0.15) is 60.6 Å². The molecule has 0 radical (unpaired) electrons. The van der Waals surface area contributed by atoms with Gasteiger partial charge >= 0.3 is 10.2 Å². The van der Waals surface area contributed by atoms with Crippen LogP contribution in [0.3, 0.4) is 0 Å². The van der Waals surface area contributed by atoms with Gasteiger partial charge in [0.1, 0.15) is 17.2 Å². The Morgan fingerprint density at radius 3 is 2.26 bits per heavy atom. The van der Waals surface area contributed by atoms with Crippen LogP contribution in [0, 0.1) is 5.82 Å². The van der Waals surface area contributed by atoms with Gasteiger partial charge < -0.3 is 10.1 Å². The Bertz CT molecular complexity index is 1390. The minimum Gasteiger partial charge on any atom is -0.487 e. The number of para-hydroxylation sites is 2. The lowest BCUT2D eigenvalue weighted by atomic mass is 9.83. The van der Waals surface area contributed by atoms with Crippen LogP contribution in [0.4, 0.5) is 10.1 Å². The summed E-state index contributed by atoms with van der Waals surface area (Å²) in [5.74, 6) is -0.0782. The first kappa shape index (κ1) is 27.6. The van der Waals surface area contributed by atoms with Crippen LogP contribution in [0.5, 0.6) is 5.75 Å². The molecule has 1 aliphatic rings. The second-order valence-electron chi connectivity index (χ2n) is 9.71. The second kappa shape index (κ2) is 11.1. The first-order valence-electron chi connectivity index (χ1n) is 12.7. The van der Waals surface area contributed by atoms with E-state index < -0.39 is 16.0 Å². The fraction of sp³-hybridized carbons (Fsp3) is 0.345. The number of ether oxygens (including phenoxy) is 1. The number of nitrogens with one attached hydrogen (secondary N) is 1. The molecule has 0 fully saturated rings. The molecule has 0 spiro atoms. The van der Waals surface area contributed by atoms with Gasteiger partial charge in [-0.05, 0) is 48.7 Å². The maximum absolute atomic E-state index is 14.6. The van der Waals surface area contributed by atoms with Crippen molar-refractivity contribution in [3.05, 3.63) is 95.3 Å². The Hall–Kier alpha value is -3.43. The fourth-order valence-corrected chi connectivity index (χ4v) is 5.84. The molecule has 3 aromatic rings. The van der Waals surface area contributed by atoms with Gasteiger partial charge in [0.15, 0.2) is 0 Å². The Morgan fingerprint density at radius 2 is 1.63 bits per heavy atom. The zero-order valence-corrected chi connectivity index (χ0v) is 23.0. The second-order valence-corrected chi connectivity index (χ2v) is 11.8. The van der Waals surface area contributed by atoms with Crippen LogP contribution in [0.15, 0.2) is 72.8 Å². The number of anilines is 1. The molecule has 38 heavy (non-hydrogen) atoms. The Morgan fingerprint density at radius 1 is 1.00 bits per heavy atom. The zero-order chi connectivity index (χ0) is 27.5. The molecule has 0 saturated carbocycles. The number of nitrogens with zero attached hydrogens (tertiary/aromatic N) is 2. The summed E-state index contributed by atoms with van der Waals surface area (Å²) < 4.78 is 49.0. The number of hydrogen-bond acceptors (Lipinski definition) is 4. The summed E-state index contributed by atoms with van der Waals surface area (Å²) in [7, 11) is -1.17. The van der Waals surface area contributed by atoms with Crippen molar-refractivity contribution in [2.75, 3.05) is 18.4 Å². The van der Waals surface area contributed by atoms with E-state index in [4.69, 9.17) is 4.74 Å². The molecule has 0 aromatic heterocycles. The van der Waals surface area contributed by atoms with E-state index in [-0.39, 0.29) is 29.8 Å². The lowest BCUT2D eigenvalue weighted by Crippen LogP contribution is -2.44. The smallest absolute Gasteiger partial charge is 0.303 e. The highest BCUT2D eigenvalue weighted by atomic mass is 32.2. The van der Waals surface area contributed by atoms with E-state index in [2.05, 4.69) is 19.2 Å². The van der Waals surface area contributed by atoms with Crippen molar-refractivity contribution in [2.45, 2.75) is 51.3 Å². The quantitative estimate of drug-likeness (QED) is 0.392. The number of fused-ring (bicyclic) bond motifs is 1. The standard InChI is InChI=1S/C29H34FN3O4S/c1-5-29(6-2)19-25(23-11-7-10-14-27(23)37-29)31-28(34)22-17-15-21(16-18-22)20-33(38(35,36)32(3)4)26-13-9-8-12-24(26)30/h7-18,25H,5-6,19-20H2,1-4H3,(H,31,34). The van der Waals surface area contributed by atoms with E-state index in [1.54, 1.807) is 30.3 Å². The van der Waals surface area contributed by atoms with E-state index in [0.29, 0.717) is 17.5 Å². The maximum Gasteiger partial charge on any atom is 0.303 e. The third-order valence-corrected chi connectivity index (χ3v) is 9.00. The fourth-order valence-electron chi connectivity index (χ4n) is 4.74. The molecule has 0 saturated heterocycles. The molecular weight excluding hydrogens is 505 g/mol. The van der Waals surface area contributed by atoms with Crippen molar-refractivity contribution in [3.63, 3.8) is 0 Å². The van der Waals surface area contributed by atoms with Gasteiger partial charge in [0.25, 0.3) is 5.91 Å². The number of amides is 1. The SMILES string of the molecule is CCC1(CC)CC(NC(=O)c2ccc(CN(c3ccccc3F)S(=O)(=O)N(C)C)cc2)c2ccccc2O1. The van der Waals surface area contributed by atoms with Gasteiger partial charge in [-0.1, -0.05) is 56.3 Å². The minimum absolute atomic E-state index is 0.0449. The normalized spacial score (nSPS) is 16.4. The average Bonchev–Trinajstić information content (AvgIpc) is 2.92. The molecule has 0 aliphatic carbocycles. The van der Waals surface area contributed by atoms with Gasteiger partial charge in [-0.15, -0.1) is 0 Å². The van der Waals surface area contributed by atoms with Crippen molar-refractivity contribution in [2.24, 2.45) is 0 Å². The first-order valence-corrected chi connectivity index (χ1v) is 14.1. The molecule has 1 atom stereocenters. The Kier molecular flexibility index (Phi) is 8.08. The predicted molar refractivity (Wildman–Crippen MR) is 147 cm³/mol. The van der Waals surface area contributed by atoms with Crippen molar-refractivity contribution < 1.29 is 22.3 Å². The highest BCUT2D eigenvalue weighted by Gasteiger charge is 2.39. The number of halogens is 1. The number of carbonyl (C=O) groups excluding carboxylic acids is 1. The summed E-state index contributed by atoms with van der Waals surface area (Å²) in [6.07, 6.45) is 2.32. The van der Waals surface area contributed by atoms with Gasteiger partial charge in [0, 0.05) is 31.6 Å². The highest BCUT2D eigenvalue weighted by Crippen LogP contribution is 2.42. The molecule has 1 amide bonds. The summed E-state index contributed by atoms with van der Waals surface area (Å²) in [6, 6.07) is 20.0. The average molecular weight is 540 g/mol. The molecule has 1 N–H and O–H groups in total. The van der Waals surface area contributed by atoms with E-state index >= 15 is 0 Å². The molecule has 0 bridgehead atoms. The first-order chi connectivity index (χ1) is 18.1. The van der Waals surface area contributed by atoms with Crippen LogP contribution in [-0.4, -0.2) is 38.3 Å². The Balaban J connectivity index is 1.55. The van der Waals surface area contributed by atoms with Crippen LogP contribution >= 0.6 is 0 Å². The van der Waals surface area contributed by atoms with Gasteiger partial charge in [-0.2, -0.15) is 12.7 Å². The van der Waals surface area contributed by atoms with Crippen molar-refractivity contribution in [1.29, 1.82) is 0 Å². The summed E-state index contributed by atoms with van der Waals surface area (Å²) in [6.45, 7) is 4.10. The number of benzene rings is 3. The van der Waals surface area contributed by atoms with E-state index in [9.17, 15) is 17.6 Å². The molecule has 1 heterocycles. The molecule has 4 rings (SSSR count). The molecule has 1 aliphatic heterocycles. The highest BCUT2D eigenvalue weighted by molar-refractivity contribution is 7.90. The molecule has 202 valence electrons. The van der Waals surface area contributed by atoms with Crippen molar-refractivity contribution in [1.82, 2.24) is 9.62 Å². The molecule has 9 heteroatoms. The van der Waals surface area contributed by atoms with Gasteiger partial charge in [-0.25, -0.2) is 4.39 Å². The minimum atomic E-state index is -3.97. The van der Waals surface area contributed by atoms with Gasteiger partial charge in [0.2, 0.25) is 0 Å². The molecule has 1 unspecified atom stereocenters. The summed E-state index contributed by atoms with van der Waals surface area (Å²) in [4.78, 5) is 13.2. The van der Waals surface area contributed by atoms with Crippen LogP contribution in [-0.2, 0) is 16.8 Å². The van der Waals surface area contributed by atoms with E-state index in [1.165, 1.54) is 32.3 Å². The Labute approximate surface area is 224 Å². The third-order valence-electron chi connectivity index (χ3n) is 7.19. The molecule has 3 aromatic carbocycles. The topological polar surface area (TPSA) is 79.0 Å². The lowest BCUT2D eigenvalue weighted by Gasteiger charge is -2.41. The summed E-state index contributed by atoms with van der Waals surface area (Å²) >= 11 is 0. The third kappa shape index (κ3) is 5.54.